The molecule has 0 aliphatic rings. The lowest BCUT2D eigenvalue weighted by Crippen LogP contribution is -2.47. The third-order valence-corrected chi connectivity index (χ3v) is 5.95. The Kier molecular flexibility index (Phi) is 10.2. The van der Waals surface area contributed by atoms with Crippen LogP contribution in [0.2, 0.25) is 0 Å². The first kappa shape index (κ1) is 26.6. The first-order valence-electron chi connectivity index (χ1n) is 11.9. The van der Waals surface area contributed by atoms with E-state index in [1.165, 1.54) is 0 Å². The van der Waals surface area contributed by atoms with Gasteiger partial charge in [-0.05, 0) is 36.0 Å². The number of hydrogen-bond acceptors (Lipinski definition) is 4. The molecule has 0 aliphatic carbocycles. The van der Waals surface area contributed by atoms with Gasteiger partial charge in [0.25, 0.3) is 0 Å². The minimum absolute atomic E-state index is 0.0716. The molecule has 0 aliphatic heterocycles. The second kappa shape index (κ2) is 13.8. The molecular formula is C29H31NO6. The first-order valence-corrected chi connectivity index (χ1v) is 11.9. The highest BCUT2D eigenvalue weighted by atomic mass is 16.5. The molecule has 0 bridgehead atoms. The number of amides is 1. The van der Waals surface area contributed by atoms with Crippen LogP contribution in [-0.2, 0) is 38.6 Å². The zero-order valence-corrected chi connectivity index (χ0v) is 20.0. The molecule has 0 aromatic heterocycles. The predicted molar refractivity (Wildman–Crippen MR) is 135 cm³/mol. The zero-order valence-electron chi connectivity index (χ0n) is 20.0. The van der Waals surface area contributed by atoms with Crippen LogP contribution < -0.4 is 5.32 Å². The van der Waals surface area contributed by atoms with E-state index in [-0.39, 0.29) is 26.1 Å². The second-order valence-electron chi connectivity index (χ2n) is 8.75. The third kappa shape index (κ3) is 8.67. The van der Waals surface area contributed by atoms with Crippen molar-refractivity contribution >= 4 is 17.8 Å². The van der Waals surface area contributed by atoms with Crippen LogP contribution in [0.25, 0.3) is 0 Å². The summed E-state index contributed by atoms with van der Waals surface area (Å²) >= 11 is 0. The number of carbonyl (C=O) groups excluding carboxylic acids is 1. The summed E-state index contributed by atoms with van der Waals surface area (Å²) in [6.45, 7) is 0.00645. The molecule has 0 saturated carbocycles. The van der Waals surface area contributed by atoms with E-state index in [2.05, 4.69) is 5.32 Å². The fraction of sp³-hybridized carbons (Fsp3) is 0.276. The van der Waals surface area contributed by atoms with Crippen LogP contribution in [0, 0.1) is 11.8 Å². The molecule has 0 heterocycles. The normalized spacial score (nSPS) is 13.3. The number of rotatable bonds is 14. The topological polar surface area (TPSA) is 113 Å². The molecule has 188 valence electrons. The second-order valence-corrected chi connectivity index (χ2v) is 8.75. The molecule has 0 spiro atoms. The minimum Gasteiger partial charge on any atom is -0.481 e. The number of nitrogens with one attached hydrogen (secondary N) is 1. The van der Waals surface area contributed by atoms with Crippen LogP contribution in [-0.4, -0.2) is 40.7 Å². The number of ether oxygens (including phenoxy) is 1. The van der Waals surface area contributed by atoms with Gasteiger partial charge in [0.1, 0.15) is 0 Å². The number of carboxylic acid groups (broad SMARTS) is 2. The Morgan fingerprint density at radius 2 is 1.14 bits per heavy atom. The number of hydrogen-bond donors (Lipinski definition) is 3. The van der Waals surface area contributed by atoms with E-state index in [9.17, 15) is 24.6 Å². The molecule has 0 radical (unpaired) electrons. The summed E-state index contributed by atoms with van der Waals surface area (Å²) in [6, 6.07) is 26.6. The van der Waals surface area contributed by atoms with Crippen molar-refractivity contribution in [3.63, 3.8) is 0 Å². The van der Waals surface area contributed by atoms with Crippen molar-refractivity contribution in [2.24, 2.45) is 11.8 Å². The molecule has 3 atom stereocenters. The van der Waals surface area contributed by atoms with Crippen LogP contribution in [0.3, 0.4) is 0 Å². The average molecular weight is 490 g/mol. The van der Waals surface area contributed by atoms with E-state index in [1.807, 2.05) is 91.0 Å². The quantitative estimate of drug-likeness (QED) is 0.316. The van der Waals surface area contributed by atoms with Gasteiger partial charge in [-0.15, -0.1) is 0 Å². The summed E-state index contributed by atoms with van der Waals surface area (Å²) < 4.78 is 5.55. The van der Waals surface area contributed by atoms with E-state index in [0.717, 1.165) is 16.7 Å². The van der Waals surface area contributed by atoms with Gasteiger partial charge in [0.05, 0.1) is 19.1 Å². The van der Waals surface area contributed by atoms with Crippen molar-refractivity contribution in [2.75, 3.05) is 6.61 Å². The van der Waals surface area contributed by atoms with Gasteiger partial charge in [-0.3, -0.25) is 9.59 Å². The molecule has 1 amide bonds. The van der Waals surface area contributed by atoms with E-state index in [0.29, 0.717) is 6.42 Å². The molecule has 0 saturated heterocycles. The van der Waals surface area contributed by atoms with E-state index in [1.54, 1.807) is 0 Å². The standard InChI is InChI=1S/C29H31NO6/c31-27(30-26(29(34)35)20-36-19-23-14-8-3-9-15-23)24(16-21-10-4-1-5-11-21)18-25(28(32)33)17-22-12-6-2-7-13-22/h1-15,24-26H,16-20H2,(H,30,31)(H,32,33)(H,34,35)/t24-,25-,26+/m1/s1. The van der Waals surface area contributed by atoms with Gasteiger partial charge in [-0.1, -0.05) is 91.0 Å². The third-order valence-electron chi connectivity index (χ3n) is 5.95. The fourth-order valence-electron chi connectivity index (χ4n) is 4.03. The molecule has 3 rings (SSSR count). The molecule has 3 aromatic carbocycles. The summed E-state index contributed by atoms with van der Waals surface area (Å²) in [6.07, 6.45) is 0.641. The van der Waals surface area contributed by atoms with Gasteiger partial charge in [0.2, 0.25) is 5.91 Å². The zero-order chi connectivity index (χ0) is 25.8. The van der Waals surface area contributed by atoms with Gasteiger partial charge < -0.3 is 20.3 Å². The van der Waals surface area contributed by atoms with Crippen molar-refractivity contribution < 1.29 is 29.3 Å². The van der Waals surface area contributed by atoms with Crippen molar-refractivity contribution in [1.82, 2.24) is 5.32 Å². The highest BCUT2D eigenvalue weighted by Crippen LogP contribution is 2.22. The number of carbonyl (C=O) groups is 3. The number of benzene rings is 3. The Morgan fingerprint density at radius 3 is 1.61 bits per heavy atom. The van der Waals surface area contributed by atoms with Crippen LogP contribution in [0.4, 0.5) is 0 Å². The van der Waals surface area contributed by atoms with Crippen LogP contribution in [0.5, 0.6) is 0 Å². The van der Waals surface area contributed by atoms with Crippen LogP contribution >= 0.6 is 0 Å². The molecule has 3 N–H and O–H groups in total. The van der Waals surface area contributed by atoms with E-state index in [4.69, 9.17) is 4.74 Å². The SMILES string of the molecule is O=C(O)[C@H](Cc1ccccc1)C[C@@H](Cc1ccccc1)C(=O)N[C@@H](COCc1ccccc1)C(=O)O. The van der Waals surface area contributed by atoms with Gasteiger partial charge in [-0.25, -0.2) is 4.79 Å². The Balaban J connectivity index is 1.71. The summed E-state index contributed by atoms with van der Waals surface area (Å²) in [4.78, 5) is 37.2. The Morgan fingerprint density at radius 1 is 0.667 bits per heavy atom. The average Bonchev–Trinajstić information content (AvgIpc) is 2.88. The molecule has 0 fully saturated rings. The highest BCUT2D eigenvalue weighted by Gasteiger charge is 2.30. The monoisotopic (exact) mass is 489 g/mol. The highest BCUT2D eigenvalue weighted by molar-refractivity contribution is 5.85. The summed E-state index contributed by atoms with van der Waals surface area (Å²) in [5, 5.41) is 22.1. The predicted octanol–water partition coefficient (Wildman–Crippen LogP) is 3.97. The number of carboxylic acids is 2. The largest absolute Gasteiger partial charge is 0.481 e. The maximum Gasteiger partial charge on any atom is 0.328 e. The van der Waals surface area contributed by atoms with Crippen molar-refractivity contribution in [1.29, 1.82) is 0 Å². The summed E-state index contributed by atoms with van der Waals surface area (Å²) in [5.41, 5.74) is 2.62. The number of aliphatic carboxylic acids is 2. The van der Waals surface area contributed by atoms with Crippen molar-refractivity contribution in [3.8, 4) is 0 Å². The molecule has 0 unspecified atom stereocenters. The lowest BCUT2D eigenvalue weighted by atomic mass is 9.85. The maximum atomic E-state index is 13.3. The van der Waals surface area contributed by atoms with Crippen molar-refractivity contribution in [2.45, 2.75) is 31.9 Å². The van der Waals surface area contributed by atoms with E-state index < -0.39 is 35.7 Å². The van der Waals surface area contributed by atoms with Gasteiger partial charge >= 0.3 is 11.9 Å². The lowest BCUT2D eigenvalue weighted by Gasteiger charge is -2.23. The smallest absolute Gasteiger partial charge is 0.328 e. The fourth-order valence-corrected chi connectivity index (χ4v) is 4.03. The Labute approximate surface area is 210 Å². The Bertz CT molecular complexity index is 1100. The Hall–Kier alpha value is -3.97. The van der Waals surface area contributed by atoms with Crippen LogP contribution in [0.1, 0.15) is 23.1 Å². The van der Waals surface area contributed by atoms with Gasteiger partial charge in [-0.2, -0.15) is 0 Å². The molecule has 3 aromatic rings. The van der Waals surface area contributed by atoms with Crippen LogP contribution in [0.15, 0.2) is 91.0 Å². The van der Waals surface area contributed by atoms with Gasteiger partial charge in [0.15, 0.2) is 6.04 Å². The van der Waals surface area contributed by atoms with Crippen molar-refractivity contribution in [3.05, 3.63) is 108 Å². The molecule has 7 heteroatoms. The maximum absolute atomic E-state index is 13.3. The summed E-state index contributed by atoms with van der Waals surface area (Å²) in [7, 11) is 0. The molecular weight excluding hydrogens is 458 g/mol. The molecule has 7 nitrogen and oxygen atoms in total. The minimum atomic E-state index is -1.25. The first-order chi connectivity index (χ1) is 17.4. The molecule has 36 heavy (non-hydrogen) atoms. The summed E-state index contributed by atoms with van der Waals surface area (Å²) in [5.74, 6) is -4.24. The lowest BCUT2D eigenvalue weighted by molar-refractivity contribution is -0.146. The van der Waals surface area contributed by atoms with E-state index >= 15 is 0 Å². The van der Waals surface area contributed by atoms with Gasteiger partial charge in [0, 0.05) is 5.92 Å².